The van der Waals surface area contributed by atoms with Crippen LogP contribution in [0.2, 0.25) is 0 Å². The number of ether oxygens (including phenoxy) is 1. The molecule has 1 atom stereocenters. The first-order chi connectivity index (χ1) is 6.49. The largest absolute Gasteiger partial charge is 0.374 e. The van der Waals surface area contributed by atoms with Crippen LogP contribution in [0.25, 0.3) is 0 Å². The van der Waals surface area contributed by atoms with Gasteiger partial charge in [-0.15, -0.1) is 6.58 Å². The average Bonchev–Trinajstić information content (AvgIpc) is 2.09. The first kappa shape index (κ1) is 13.6. The molecule has 14 heavy (non-hydrogen) atoms. The summed E-state index contributed by atoms with van der Waals surface area (Å²) in [6.45, 7) is 10.5. The lowest BCUT2D eigenvalue weighted by molar-refractivity contribution is -0.0155. The quantitative estimate of drug-likeness (QED) is 0.286. The third-order valence-corrected chi connectivity index (χ3v) is 1.91. The smallest absolute Gasteiger partial charge is 0.0640 e. The van der Waals surface area contributed by atoms with Gasteiger partial charge >= 0.3 is 0 Å². The Morgan fingerprint density at radius 2 is 2.14 bits per heavy atom. The van der Waals surface area contributed by atoms with Crippen molar-refractivity contribution >= 4 is 0 Å². The minimum atomic E-state index is -0.0897. The summed E-state index contributed by atoms with van der Waals surface area (Å²) in [5, 5.41) is 0. The Morgan fingerprint density at radius 3 is 2.57 bits per heavy atom. The van der Waals surface area contributed by atoms with Crippen molar-refractivity contribution in [2.45, 2.75) is 51.7 Å². The lowest BCUT2D eigenvalue weighted by Gasteiger charge is -2.24. The van der Waals surface area contributed by atoms with E-state index >= 15 is 0 Å². The van der Waals surface area contributed by atoms with Crippen LogP contribution in [0.5, 0.6) is 0 Å². The van der Waals surface area contributed by atoms with Gasteiger partial charge in [-0.2, -0.15) is 0 Å². The number of unbranched alkanes of at least 4 members (excludes halogenated alkanes) is 1. The van der Waals surface area contributed by atoms with Gasteiger partial charge in [-0.3, -0.25) is 11.3 Å². The molecule has 0 amide bonds. The second-order valence-electron chi connectivity index (χ2n) is 4.51. The molecule has 0 saturated carbocycles. The molecule has 0 bridgehead atoms. The summed E-state index contributed by atoms with van der Waals surface area (Å²) >= 11 is 0. The van der Waals surface area contributed by atoms with Crippen molar-refractivity contribution < 1.29 is 4.74 Å². The van der Waals surface area contributed by atoms with E-state index in [9.17, 15) is 0 Å². The highest BCUT2D eigenvalue weighted by atomic mass is 16.5. The summed E-state index contributed by atoms with van der Waals surface area (Å²) in [7, 11) is 0. The number of hydrogen-bond acceptors (Lipinski definition) is 3. The van der Waals surface area contributed by atoms with Crippen LogP contribution in [0.1, 0.15) is 40.0 Å². The highest BCUT2D eigenvalue weighted by Gasteiger charge is 2.13. The summed E-state index contributed by atoms with van der Waals surface area (Å²) in [6, 6.07) is 0.245. The van der Waals surface area contributed by atoms with Gasteiger partial charge in [0.2, 0.25) is 0 Å². The van der Waals surface area contributed by atoms with Crippen molar-refractivity contribution in [3.63, 3.8) is 0 Å². The molecule has 0 rings (SSSR count). The second-order valence-corrected chi connectivity index (χ2v) is 4.51. The molecule has 0 saturated heterocycles. The Hall–Kier alpha value is -0.380. The number of nitrogens with two attached hydrogens (primary N) is 1. The van der Waals surface area contributed by atoms with Gasteiger partial charge in [0.1, 0.15) is 0 Å². The SMILES string of the molecule is C=CCCCC(COC(C)(C)C)NN. The van der Waals surface area contributed by atoms with E-state index in [-0.39, 0.29) is 11.6 Å². The molecule has 0 aliphatic heterocycles. The third-order valence-electron chi connectivity index (χ3n) is 1.91. The lowest BCUT2D eigenvalue weighted by atomic mass is 10.1. The Balaban J connectivity index is 3.63. The fourth-order valence-corrected chi connectivity index (χ4v) is 1.07. The van der Waals surface area contributed by atoms with Crippen LogP contribution in [0, 0.1) is 0 Å². The first-order valence-corrected chi connectivity index (χ1v) is 5.20. The molecule has 3 nitrogen and oxygen atoms in total. The van der Waals surface area contributed by atoms with Gasteiger partial charge in [-0.25, -0.2) is 0 Å². The van der Waals surface area contributed by atoms with E-state index in [0.29, 0.717) is 6.61 Å². The molecule has 0 aromatic rings. The van der Waals surface area contributed by atoms with Crippen molar-refractivity contribution in [1.29, 1.82) is 0 Å². The minimum Gasteiger partial charge on any atom is -0.374 e. The van der Waals surface area contributed by atoms with Gasteiger partial charge in [0, 0.05) is 6.04 Å². The molecular formula is C11H24N2O. The van der Waals surface area contributed by atoms with E-state index in [1.54, 1.807) is 0 Å². The highest BCUT2D eigenvalue weighted by Crippen LogP contribution is 2.09. The summed E-state index contributed by atoms with van der Waals surface area (Å²) in [6.07, 6.45) is 5.09. The maximum atomic E-state index is 5.64. The summed E-state index contributed by atoms with van der Waals surface area (Å²) in [5.74, 6) is 5.43. The predicted molar refractivity (Wildman–Crippen MR) is 60.9 cm³/mol. The third kappa shape index (κ3) is 8.23. The molecule has 0 aliphatic carbocycles. The fourth-order valence-electron chi connectivity index (χ4n) is 1.07. The topological polar surface area (TPSA) is 47.3 Å². The Labute approximate surface area is 87.7 Å². The molecular weight excluding hydrogens is 176 g/mol. The molecule has 0 aromatic carbocycles. The summed E-state index contributed by atoms with van der Waals surface area (Å²) in [5.41, 5.74) is 2.68. The molecule has 1 unspecified atom stereocenters. The van der Waals surface area contributed by atoms with E-state index < -0.39 is 0 Å². The zero-order chi connectivity index (χ0) is 11.0. The Kier molecular flexibility index (Phi) is 6.79. The van der Waals surface area contributed by atoms with Crippen LogP contribution in [-0.4, -0.2) is 18.2 Å². The molecule has 3 heteroatoms. The molecule has 0 fully saturated rings. The van der Waals surface area contributed by atoms with Crippen molar-refractivity contribution in [2.24, 2.45) is 5.84 Å². The standard InChI is InChI=1S/C11H24N2O/c1-5-6-7-8-10(13-12)9-14-11(2,3)4/h5,10,13H,1,6-9,12H2,2-4H3. The Bertz CT molecular complexity index is 152. The van der Waals surface area contributed by atoms with Crippen LogP contribution < -0.4 is 11.3 Å². The van der Waals surface area contributed by atoms with Gasteiger partial charge in [0.05, 0.1) is 12.2 Å². The maximum absolute atomic E-state index is 5.64. The van der Waals surface area contributed by atoms with E-state index in [2.05, 4.69) is 12.0 Å². The molecule has 84 valence electrons. The predicted octanol–water partition coefficient (Wildman–Crippen LogP) is 1.99. The van der Waals surface area contributed by atoms with Crippen LogP contribution in [0.15, 0.2) is 12.7 Å². The number of allylic oxidation sites excluding steroid dienone is 1. The van der Waals surface area contributed by atoms with E-state index in [0.717, 1.165) is 19.3 Å². The van der Waals surface area contributed by atoms with Gasteiger partial charge in [0.15, 0.2) is 0 Å². The zero-order valence-electron chi connectivity index (χ0n) is 9.68. The van der Waals surface area contributed by atoms with Crippen molar-refractivity contribution in [2.75, 3.05) is 6.61 Å². The van der Waals surface area contributed by atoms with E-state index in [1.807, 2.05) is 26.8 Å². The number of hydrazine groups is 1. The second kappa shape index (κ2) is 6.98. The van der Waals surface area contributed by atoms with Crippen LogP contribution >= 0.6 is 0 Å². The van der Waals surface area contributed by atoms with Crippen LogP contribution in [0.3, 0.4) is 0 Å². The van der Waals surface area contributed by atoms with Crippen molar-refractivity contribution in [1.82, 2.24) is 5.43 Å². The van der Waals surface area contributed by atoms with E-state index in [1.165, 1.54) is 0 Å². The molecule has 0 spiro atoms. The first-order valence-electron chi connectivity index (χ1n) is 5.20. The maximum Gasteiger partial charge on any atom is 0.0640 e. The molecule has 0 radical (unpaired) electrons. The molecule has 0 aromatic heterocycles. The monoisotopic (exact) mass is 200 g/mol. The van der Waals surface area contributed by atoms with Crippen molar-refractivity contribution in [3.8, 4) is 0 Å². The van der Waals surface area contributed by atoms with Crippen LogP contribution in [-0.2, 0) is 4.74 Å². The summed E-state index contributed by atoms with van der Waals surface area (Å²) < 4.78 is 5.64. The van der Waals surface area contributed by atoms with E-state index in [4.69, 9.17) is 10.6 Å². The van der Waals surface area contributed by atoms with Gasteiger partial charge in [-0.1, -0.05) is 6.08 Å². The molecule has 0 heterocycles. The number of rotatable bonds is 7. The van der Waals surface area contributed by atoms with Gasteiger partial charge in [-0.05, 0) is 40.0 Å². The normalized spacial score (nSPS) is 14.0. The van der Waals surface area contributed by atoms with Crippen molar-refractivity contribution in [3.05, 3.63) is 12.7 Å². The molecule has 3 N–H and O–H groups in total. The molecule has 0 aliphatic rings. The fraction of sp³-hybridized carbons (Fsp3) is 0.818. The van der Waals surface area contributed by atoms with Gasteiger partial charge < -0.3 is 4.74 Å². The highest BCUT2D eigenvalue weighted by molar-refractivity contribution is 4.71. The Morgan fingerprint density at radius 1 is 1.50 bits per heavy atom. The lowest BCUT2D eigenvalue weighted by Crippen LogP contribution is -2.40. The average molecular weight is 200 g/mol. The number of hydrogen-bond donors (Lipinski definition) is 2. The summed E-state index contributed by atoms with van der Waals surface area (Å²) in [4.78, 5) is 0. The van der Waals surface area contributed by atoms with Crippen LogP contribution in [0.4, 0.5) is 0 Å². The number of nitrogens with one attached hydrogen (secondary N) is 1. The van der Waals surface area contributed by atoms with Gasteiger partial charge in [0.25, 0.3) is 0 Å². The minimum absolute atomic E-state index is 0.0897. The zero-order valence-corrected chi connectivity index (χ0v) is 9.68.